The maximum Gasteiger partial charge on any atom is 0.255 e. The van der Waals surface area contributed by atoms with Gasteiger partial charge in [-0.05, 0) is 108 Å². The lowest BCUT2D eigenvalue weighted by molar-refractivity contribution is 0.102. The first kappa shape index (κ1) is 38.2. The second-order valence-corrected chi connectivity index (χ2v) is 14.3. The van der Waals surface area contributed by atoms with Crippen LogP contribution in [0.15, 0.2) is 58.5 Å². The molecule has 264 valence electrons. The zero-order valence-corrected chi connectivity index (χ0v) is 29.7. The highest BCUT2D eigenvalue weighted by Gasteiger charge is 2.22. The Morgan fingerprint density at radius 1 is 0.612 bits per heavy atom. The number of unbranched alkanes of at least 4 members (excludes halogenated alkanes) is 1. The van der Waals surface area contributed by atoms with Crippen molar-refractivity contribution in [1.82, 2.24) is 0 Å². The van der Waals surface area contributed by atoms with Crippen molar-refractivity contribution in [2.45, 2.75) is 84.5 Å². The van der Waals surface area contributed by atoms with Gasteiger partial charge >= 0.3 is 0 Å². The Balaban J connectivity index is 1.90. The van der Waals surface area contributed by atoms with Gasteiger partial charge in [-0.25, -0.2) is 0 Å². The SMILES string of the molecule is CC(C)(C)c1cc(N)c(CCCCN=C(N)N)c(NC(=O)c2cccc(C(=O)Nc3cc(C(C)(C)C)cc(N)c3CCCN=C(N)N)c2)c1. The molecule has 0 aliphatic carbocycles. The van der Waals surface area contributed by atoms with E-state index in [-0.39, 0.29) is 34.6 Å². The number of carbonyl (C=O) groups is 2. The summed E-state index contributed by atoms with van der Waals surface area (Å²) in [6, 6.07) is 14.4. The highest BCUT2D eigenvalue weighted by molar-refractivity contribution is 6.09. The molecule has 0 aromatic heterocycles. The predicted octanol–water partition coefficient (Wildman–Crippen LogP) is 4.75. The molecule has 0 bridgehead atoms. The number of rotatable bonds is 13. The molecule has 0 saturated carbocycles. The van der Waals surface area contributed by atoms with E-state index in [0.717, 1.165) is 35.1 Å². The molecule has 2 amide bonds. The Bertz CT molecular complexity index is 1710. The van der Waals surface area contributed by atoms with Crippen LogP contribution in [0.3, 0.4) is 0 Å². The van der Waals surface area contributed by atoms with Gasteiger partial charge in [0.25, 0.3) is 11.8 Å². The molecule has 3 aromatic carbocycles. The summed E-state index contributed by atoms with van der Waals surface area (Å²) in [5.74, 6) is -0.651. The molecule has 0 fully saturated rings. The van der Waals surface area contributed by atoms with E-state index < -0.39 is 0 Å². The summed E-state index contributed by atoms with van der Waals surface area (Å²) in [4.78, 5) is 35.5. The van der Waals surface area contributed by atoms with Gasteiger partial charge in [-0.2, -0.15) is 0 Å². The van der Waals surface area contributed by atoms with Crippen molar-refractivity contribution in [3.63, 3.8) is 0 Å². The van der Waals surface area contributed by atoms with Crippen molar-refractivity contribution in [3.8, 4) is 0 Å². The number of hydrogen-bond donors (Lipinski definition) is 8. The number of anilines is 4. The number of amides is 2. The number of nitrogens with one attached hydrogen (secondary N) is 2. The third-order valence-electron chi connectivity index (χ3n) is 8.19. The van der Waals surface area contributed by atoms with Gasteiger partial charge in [-0.3, -0.25) is 19.6 Å². The maximum absolute atomic E-state index is 13.7. The lowest BCUT2D eigenvalue weighted by Crippen LogP contribution is -2.23. The second kappa shape index (κ2) is 16.2. The van der Waals surface area contributed by atoms with E-state index in [1.807, 2.05) is 24.3 Å². The zero-order valence-electron chi connectivity index (χ0n) is 29.7. The van der Waals surface area contributed by atoms with Gasteiger partial charge < -0.3 is 45.0 Å². The fourth-order valence-corrected chi connectivity index (χ4v) is 5.31. The van der Waals surface area contributed by atoms with E-state index in [4.69, 9.17) is 34.4 Å². The van der Waals surface area contributed by atoms with Gasteiger partial charge in [0, 0.05) is 47.0 Å². The van der Waals surface area contributed by atoms with Crippen LogP contribution in [-0.2, 0) is 23.7 Å². The fraction of sp³-hybridized carbons (Fsp3) is 0.405. The lowest BCUT2D eigenvalue weighted by Gasteiger charge is -2.23. The van der Waals surface area contributed by atoms with Gasteiger partial charge in [0.15, 0.2) is 11.9 Å². The first-order valence-electron chi connectivity index (χ1n) is 16.6. The van der Waals surface area contributed by atoms with Gasteiger partial charge in [0.05, 0.1) is 0 Å². The average Bonchev–Trinajstić information content (AvgIpc) is 2.99. The molecule has 3 rings (SSSR count). The summed E-state index contributed by atoms with van der Waals surface area (Å²) < 4.78 is 0. The summed E-state index contributed by atoms with van der Waals surface area (Å²) in [5, 5.41) is 6.12. The van der Waals surface area contributed by atoms with Gasteiger partial charge in [-0.15, -0.1) is 0 Å². The van der Waals surface area contributed by atoms with E-state index in [2.05, 4.69) is 62.2 Å². The maximum atomic E-state index is 13.7. The molecule has 0 unspecified atom stereocenters. The molecule has 0 heterocycles. The molecule has 0 radical (unpaired) electrons. The summed E-state index contributed by atoms with van der Waals surface area (Å²) in [6.45, 7) is 13.4. The molecule has 0 spiro atoms. The van der Waals surface area contributed by atoms with E-state index in [9.17, 15) is 9.59 Å². The van der Waals surface area contributed by atoms with Crippen LogP contribution < -0.4 is 45.0 Å². The monoisotopic (exact) mass is 670 g/mol. The summed E-state index contributed by atoms with van der Waals surface area (Å²) in [6.07, 6.45) is 3.34. The minimum atomic E-state index is -0.369. The molecule has 0 aliphatic heterocycles. The Labute approximate surface area is 290 Å². The minimum Gasteiger partial charge on any atom is -0.398 e. The number of nitrogen functional groups attached to an aromatic ring is 2. The first-order valence-corrected chi connectivity index (χ1v) is 16.6. The molecule has 3 aromatic rings. The second-order valence-electron chi connectivity index (χ2n) is 14.3. The molecule has 14 N–H and O–H groups in total. The van der Waals surface area contributed by atoms with Gasteiger partial charge in [-0.1, -0.05) is 47.6 Å². The smallest absolute Gasteiger partial charge is 0.255 e. The third-order valence-corrected chi connectivity index (χ3v) is 8.19. The molecule has 12 nitrogen and oxygen atoms in total. The minimum absolute atomic E-state index is 0.0228. The Hall–Kier alpha value is -5.26. The number of nitrogens with zero attached hydrogens (tertiary/aromatic N) is 2. The zero-order chi connectivity index (χ0) is 36.5. The van der Waals surface area contributed by atoms with Crippen LogP contribution in [0.4, 0.5) is 22.7 Å². The predicted molar refractivity (Wildman–Crippen MR) is 204 cm³/mol. The van der Waals surface area contributed by atoms with Gasteiger partial charge in [0.1, 0.15) is 0 Å². The molecule has 0 atom stereocenters. The Morgan fingerprint density at radius 3 is 1.43 bits per heavy atom. The molecule has 49 heavy (non-hydrogen) atoms. The number of nitrogens with two attached hydrogens (primary N) is 6. The fourth-order valence-electron chi connectivity index (χ4n) is 5.31. The Morgan fingerprint density at radius 2 is 1.02 bits per heavy atom. The van der Waals surface area contributed by atoms with Crippen LogP contribution in [0.1, 0.15) is 104 Å². The highest BCUT2D eigenvalue weighted by Crippen LogP contribution is 2.34. The van der Waals surface area contributed by atoms with E-state index in [1.54, 1.807) is 24.3 Å². The first-order chi connectivity index (χ1) is 22.9. The number of guanidine groups is 2. The van der Waals surface area contributed by atoms with E-state index in [1.165, 1.54) is 0 Å². The van der Waals surface area contributed by atoms with Crippen LogP contribution in [0.5, 0.6) is 0 Å². The molecule has 0 saturated heterocycles. The molecular formula is C37H54N10O2. The van der Waals surface area contributed by atoms with Crippen LogP contribution >= 0.6 is 0 Å². The molecule has 0 aliphatic rings. The van der Waals surface area contributed by atoms with Crippen molar-refractivity contribution in [1.29, 1.82) is 0 Å². The molecule has 12 heteroatoms. The van der Waals surface area contributed by atoms with E-state index in [0.29, 0.717) is 66.2 Å². The quantitative estimate of drug-likeness (QED) is 0.0545. The number of aliphatic imine (C=N–C) groups is 2. The van der Waals surface area contributed by atoms with Crippen molar-refractivity contribution >= 4 is 46.5 Å². The number of carbonyl (C=O) groups excluding carboxylic acids is 2. The summed E-state index contributed by atoms with van der Waals surface area (Å²) in [7, 11) is 0. The summed E-state index contributed by atoms with van der Waals surface area (Å²) in [5.41, 5.74) is 41.2. The standard InChI is InChI=1S/C37H54N10O2/c1-36(2,3)24-18-28(38)26(13-7-8-15-44-34(40)41)30(20-24)46-32(48)22-11-9-12-23(17-22)33(49)47-31-21-25(37(4,5)6)19-29(39)27(31)14-10-16-45-35(42)43/h9,11-12,17-21H,7-8,10,13-16,38-39H2,1-6H3,(H,46,48)(H,47,49)(H4,40,41,44)(H4,42,43,45). The van der Waals surface area contributed by atoms with Crippen molar-refractivity contribution in [2.24, 2.45) is 32.9 Å². The van der Waals surface area contributed by atoms with Crippen molar-refractivity contribution in [3.05, 3.63) is 81.9 Å². The van der Waals surface area contributed by atoms with E-state index >= 15 is 0 Å². The lowest BCUT2D eigenvalue weighted by atomic mass is 9.85. The third kappa shape index (κ3) is 11.2. The van der Waals surface area contributed by atoms with Gasteiger partial charge in [0.2, 0.25) is 0 Å². The Kier molecular flexibility index (Phi) is 12.6. The van der Waals surface area contributed by atoms with Crippen LogP contribution in [0, 0.1) is 0 Å². The highest BCUT2D eigenvalue weighted by atomic mass is 16.2. The van der Waals surface area contributed by atoms with Crippen LogP contribution in [0.25, 0.3) is 0 Å². The largest absolute Gasteiger partial charge is 0.398 e. The molecular weight excluding hydrogens is 616 g/mol. The van der Waals surface area contributed by atoms with Crippen molar-refractivity contribution in [2.75, 3.05) is 35.2 Å². The van der Waals surface area contributed by atoms with Crippen molar-refractivity contribution < 1.29 is 9.59 Å². The average molecular weight is 671 g/mol. The number of hydrogen-bond acceptors (Lipinski definition) is 6. The summed E-state index contributed by atoms with van der Waals surface area (Å²) >= 11 is 0. The number of benzene rings is 3. The van der Waals surface area contributed by atoms with Crippen LogP contribution in [-0.4, -0.2) is 36.8 Å². The van der Waals surface area contributed by atoms with Crippen LogP contribution in [0.2, 0.25) is 0 Å². The topological polar surface area (TPSA) is 239 Å². The normalized spacial score (nSPS) is 11.5.